The molecule has 0 spiro atoms. The zero-order chi connectivity index (χ0) is 22.3. The fourth-order valence-corrected chi connectivity index (χ4v) is 4.74. The molecule has 1 atom stereocenters. The van der Waals surface area contributed by atoms with Gasteiger partial charge in [0.1, 0.15) is 23.5 Å². The van der Waals surface area contributed by atoms with Crippen LogP contribution in [0.15, 0.2) is 30.3 Å². The van der Waals surface area contributed by atoms with Crippen molar-refractivity contribution in [2.24, 2.45) is 0 Å². The molecule has 5 nitrogen and oxygen atoms in total. The van der Waals surface area contributed by atoms with Crippen LogP contribution in [0.1, 0.15) is 63.0 Å². The standard InChI is InChI=1S/C27H35NO4/c1-3-14-30-20-17-22-23(19-29)21-9-7-10-24(32-16-8-13-28-11-5-6-12-28)26(21)27(22)25(18-20)31-15-4-2/h7,9-10,17-19,23H,3-6,8,11-16H2,1-2H3. The van der Waals surface area contributed by atoms with Gasteiger partial charge in [0.05, 0.1) is 25.7 Å². The molecule has 1 fully saturated rings. The number of carbonyl (C=O) groups is 1. The highest BCUT2D eigenvalue weighted by Crippen LogP contribution is 2.53. The van der Waals surface area contributed by atoms with E-state index in [9.17, 15) is 4.79 Å². The lowest BCUT2D eigenvalue weighted by molar-refractivity contribution is -0.108. The molecule has 1 aliphatic heterocycles. The van der Waals surface area contributed by atoms with Gasteiger partial charge in [0.15, 0.2) is 0 Å². The Kier molecular flexibility index (Phi) is 7.69. The molecule has 1 unspecified atom stereocenters. The molecule has 2 aliphatic rings. The summed E-state index contributed by atoms with van der Waals surface area (Å²) in [6.07, 6.45) is 6.47. The summed E-state index contributed by atoms with van der Waals surface area (Å²) in [4.78, 5) is 14.7. The van der Waals surface area contributed by atoms with Crippen LogP contribution < -0.4 is 14.2 Å². The summed E-state index contributed by atoms with van der Waals surface area (Å²) in [5.74, 6) is 2.03. The predicted octanol–water partition coefficient (Wildman–Crippen LogP) is 5.44. The molecular formula is C27H35NO4. The van der Waals surface area contributed by atoms with Crippen molar-refractivity contribution in [1.29, 1.82) is 0 Å². The van der Waals surface area contributed by atoms with Gasteiger partial charge >= 0.3 is 0 Å². The molecular weight excluding hydrogens is 402 g/mol. The molecule has 1 aliphatic carbocycles. The number of benzene rings is 2. The Morgan fingerprint density at radius 2 is 1.62 bits per heavy atom. The van der Waals surface area contributed by atoms with Gasteiger partial charge in [-0.15, -0.1) is 0 Å². The zero-order valence-electron chi connectivity index (χ0n) is 19.4. The van der Waals surface area contributed by atoms with Gasteiger partial charge < -0.3 is 23.9 Å². The molecule has 5 heteroatoms. The lowest BCUT2D eigenvalue weighted by Gasteiger charge is -2.17. The molecule has 2 aromatic rings. The number of nitrogens with zero attached hydrogens (tertiary/aromatic N) is 1. The monoisotopic (exact) mass is 437 g/mol. The maximum Gasteiger partial charge on any atom is 0.131 e. The van der Waals surface area contributed by atoms with Crippen molar-refractivity contribution in [2.75, 3.05) is 39.5 Å². The Balaban J connectivity index is 1.64. The fraction of sp³-hybridized carbons (Fsp3) is 0.519. The first kappa shape index (κ1) is 22.7. The molecule has 1 saturated heterocycles. The zero-order valence-corrected chi connectivity index (χ0v) is 19.4. The van der Waals surface area contributed by atoms with Crippen LogP contribution in [0, 0.1) is 0 Å². The Labute approximate surface area is 191 Å². The number of likely N-dealkylation sites (tertiary alicyclic amines) is 1. The third kappa shape index (κ3) is 4.78. The quantitative estimate of drug-likeness (QED) is 0.327. The number of aldehydes is 1. The van der Waals surface area contributed by atoms with Crippen LogP contribution in [-0.4, -0.2) is 50.6 Å². The molecule has 0 bridgehead atoms. The van der Waals surface area contributed by atoms with Gasteiger partial charge in [-0.3, -0.25) is 0 Å². The van der Waals surface area contributed by atoms with Crippen molar-refractivity contribution >= 4 is 6.29 Å². The van der Waals surface area contributed by atoms with E-state index >= 15 is 0 Å². The van der Waals surface area contributed by atoms with Crippen LogP contribution >= 0.6 is 0 Å². The highest BCUT2D eigenvalue weighted by molar-refractivity contribution is 5.94. The summed E-state index contributed by atoms with van der Waals surface area (Å²) >= 11 is 0. The lowest BCUT2D eigenvalue weighted by atomic mass is 9.98. The van der Waals surface area contributed by atoms with Crippen LogP contribution in [0.3, 0.4) is 0 Å². The average molecular weight is 438 g/mol. The lowest BCUT2D eigenvalue weighted by Crippen LogP contribution is -2.21. The van der Waals surface area contributed by atoms with E-state index in [1.54, 1.807) is 0 Å². The number of hydrogen-bond donors (Lipinski definition) is 0. The number of ether oxygens (including phenoxy) is 3. The Morgan fingerprint density at radius 1 is 0.906 bits per heavy atom. The molecule has 4 rings (SSSR count). The van der Waals surface area contributed by atoms with E-state index in [2.05, 4.69) is 18.7 Å². The van der Waals surface area contributed by atoms with Gasteiger partial charge in [-0.2, -0.15) is 0 Å². The summed E-state index contributed by atoms with van der Waals surface area (Å²) in [6.45, 7) is 9.57. The van der Waals surface area contributed by atoms with E-state index in [4.69, 9.17) is 14.2 Å². The van der Waals surface area contributed by atoms with Crippen LogP contribution in [0.4, 0.5) is 0 Å². The van der Waals surface area contributed by atoms with Crippen molar-refractivity contribution in [3.05, 3.63) is 41.5 Å². The molecule has 0 aromatic heterocycles. The molecule has 0 saturated carbocycles. The van der Waals surface area contributed by atoms with Crippen LogP contribution in [0.25, 0.3) is 11.1 Å². The smallest absolute Gasteiger partial charge is 0.131 e. The second kappa shape index (κ2) is 10.9. The summed E-state index contributed by atoms with van der Waals surface area (Å²) in [5.41, 5.74) is 3.90. The van der Waals surface area contributed by atoms with Crippen molar-refractivity contribution in [2.45, 2.75) is 51.9 Å². The maximum atomic E-state index is 12.2. The van der Waals surface area contributed by atoms with Crippen molar-refractivity contribution in [3.63, 3.8) is 0 Å². The van der Waals surface area contributed by atoms with Crippen LogP contribution in [0.2, 0.25) is 0 Å². The maximum absolute atomic E-state index is 12.2. The first-order valence-corrected chi connectivity index (χ1v) is 12.1. The summed E-state index contributed by atoms with van der Waals surface area (Å²) in [7, 11) is 0. The van der Waals surface area contributed by atoms with E-state index in [0.29, 0.717) is 19.8 Å². The first-order valence-electron chi connectivity index (χ1n) is 12.1. The highest BCUT2D eigenvalue weighted by atomic mass is 16.5. The second-order valence-electron chi connectivity index (χ2n) is 8.67. The molecule has 0 N–H and O–H groups in total. The van der Waals surface area contributed by atoms with E-state index < -0.39 is 0 Å². The molecule has 32 heavy (non-hydrogen) atoms. The second-order valence-corrected chi connectivity index (χ2v) is 8.67. The Bertz CT molecular complexity index is 920. The minimum atomic E-state index is -0.331. The minimum Gasteiger partial charge on any atom is -0.493 e. The number of hydrogen-bond acceptors (Lipinski definition) is 5. The van der Waals surface area contributed by atoms with Crippen molar-refractivity contribution in [3.8, 4) is 28.4 Å². The number of fused-ring (bicyclic) bond motifs is 3. The number of carbonyl (C=O) groups excluding carboxylic acids is 1. The molecule has 172 valence electrons. The summed E-state index contributed by atoms with van der Waals surface area (Å²) in [5, 5.41) is 0. The predicted molar refractivity (Wildman–Crippen MR) is 127 cm³/mol. The van der Waals surface area contributed by atoms with Gasteiger partial charge in [-0.25, -0.2) is 0 Å². The van der Waals surface area contributed by atoms with Crippen molar-refractivity contribution in [1.82, 2.24) is 4.90 Å². The van der Waals surface area contributed by atoms with Gasteiger partial charge in [-0.1, -0.05) is 26.0 Å². The van der Waals surface area contributed by atoms with Crippen LogP contribution in [-0.2, 0) is 4.79 Å². The topological polar surface area (TPSA) is 48.0 Å². The Morgan fingerprint density at radius 3 is 2.38 bits per heavy atom. The molecule has 1 heterocycles. The molecule has 0 radical (unpaired) electrons. The minimum absolute atomic E-state index is 0.331. The molecule has 0 amide bonds. The van der Waals surface area contributed by atoms with Gasteiger partial charge in [-0.05, 0) is 68.5 Å². The first-order chi connectivity index (χ1) is 15.8. The average Bonchev–Trinajstić information content (AvgIpc) is 3.44. The SMILES string of the molecule is CCCOc1cc(OCCC)c2c(c1)C(C=O)c1cccc(OCCCN3CCCC3)c1-2. The third-order valence-corrected chi connectivity index (χ3v) is 6.23. The molecule has 2 aromatic carbocycles. The summed E-state index contributed by atoms with van der Waals surface area (Å²) < 4.78 is 18.4. The van der Waals surface area contributed by atoms with E-state index in [-0.39, 0.29) is 5.92 Å². The normalized spacial score (nSPS) is 17.1. The highest BCUT2D eigenvalue weighted by Gasteiger charge is 2.34. The van der Waals surface area contributed by atoms with Crippen LogP contribution in [0.5, 0.6) is 17.2 Å². The van der Waals surface area contributed by atoms with Gasteiger partial charge in [0.2, 0.25) is 0 Å². The van der Waals surface area contributed by atoms with E-state index in [0.717, 1.165) is 71.6 Å². The van der Waals surface area contributed by atoms with Crippen molar-refractivity contribution < 1.29 is 19.0 Å². The number of rotatable bonds is 12. The van der Waals surface area contributed by atoms with Gasteiger partial charge in [0.25, 0.3) is 0 Å². The summed E-state index contributed by atoms with van der Waals surface area (Å²) in [6, 6.07) is 9.99. The van der Waals surface area contributed by atoms with E-state index in [1.807, 2.05) is 30.3 Å². The van der Waals surface area contributed by atoms with Gasteiger partial charge in [0, 0.05) is 23.7 Å². The fourth-order valence-electron chi connectivity index (χ4n) is 4.74. The van der Waals surface area contributed by atoms with E-state index in [1.165, 1.54) is 25.9 Å². The Hall–Kier alpha value is -2.53. The largest absolute Gasteiger partial charge is 0.493 e. The third-order valence-electron chi connectivity index (χ3n) is 6.23.